The molecule has 0 spiro atoms. The monoisotopic (exact) mass is 408 g/mol. The lowest BCUT2D eigenvalue weighted by Crippen LogP contribution is -2.35. The molecule has 5 nitrogen and oxygen atoms in total. The molecule has 4 rings (SSSR count). The van der Waals surface area contributed by atoms with Gasteiger partial charge in [-0.1, -0.05) is 31.0 Å². The molecule has 1 N–H and O–H groups in total. The summed E-state index contributed by atoms with van der Waals surface area (Å²) in [5, 5.41) is 12.1. The third-order valence-corrected chi connectivity index (χ3v) is 6.08. The topological polar surface area (TPSA) is 62.7 Å². The minimum atomic E-state index is -0.765. The van der Waals surface area contributed by atoms with Crippen molar-refractivity contribution < 1.29 is 14.6 Å². The number of nitrogens with zero attached hydrogens (tertiary/aromatic N) is 2. The Balaban J connectivity index is 1.48. The van der Waals surface area contributed by atoms with E-state index in [4.69, 9.17) is 14.8 Å². The number of aliphatic carboxylic acids is 1. The Morgan fingerprint density at radius 3 is 2.45 bits per heavy atom. The summed E-state index contributed by atoms with van der Waals surface area (Å²) < 4.78 is 5.85. The Morgan fingerprint density at radius 1 is 1.07 bits per heavy atom. The maximum atomic E-state index is 11.1. The zero-order valence-electron chi connectivity index (χ0n) is 16.2. The molecule has 0 unspecified atom stereocenters. The SMILES string of the molecule is O=C(O)CCN(c1nc(-c2ccc(Oc3ccccc3)cc2)cs1)C1CCCC1. The van der Waals surface area contributed by atoms with E-state index < -0.39 is 5.97 Å². The standard InChI is InChI=1S/C23H24N2O3S/c26-22(27)14-15-25(18-6-4-5-7-18)23-24-21(16-29-23)17-10-12-20(13-11-17)28-19-8-2-1-3-9-19/h1-3,8-13,16,18H,4-7,14-15H2,(H,26,27). The van der Waals surface area contributed by atoms with Gasteiger partial charge in [0, 0.05) is 23.5 Å². The molecule has 150 valence electrons. The molecule has 1 aromatic heterocycles. The summed E-state index contributed by atoms with van der Waals surface area (Å²) in [6, 6.07) is 18.0. The van der Waals surface area contributed by atoms with Crippen molar-refractivity contribution in [1.82, 2.24) is 4.98 Å². The Bertz CT molecular complexity index is 934. The van der Waals surface area contributed by atoms with Crippen molar-refractivity contribution in [2.45, 2.75) is 38.1 Å². The smallest absolute Gasteiger partial charge is 0.305 e. The fourth-order valence-electron chi connectivity index (χ4n) is 3.71. The summed E-state index contributed by atoms with van der Waals surface area (Å²) in [5.74, 6) is 0.824. The fourth-order valence-corrected chi connectivity index (χ4v) is 4.65. The molecular weight excluding hydrogens is 384 g/mol. The summed E-state index contributed by atoms with van der Waals surface area (Å²) >= 11 is 1.59. The number of benzene rings is 2. The maximum Gasteiger partial charge on any atom is 0.305 e. The van der Waals surface area contributed by atoms with E-state index in [0.29, 0.717) is 12.6 Å². The predicted octanol–water partition coefficient (Wildman–Crippen LogP) is 5.83. The van der Waals surface area contributed by atoms with E-state index in [2.05, 4.69) is 4.90 Å². The fraction of sp³-hybridized carbons (Fsp3) is 0.304. The van der Waals surface area contributed by atoms with Crippen LogP contribution in [0.4, 0.5) is 5.13 Å². The van der Waals surface area contributed by atoms with Crippen LogP contribution in [0.3, 0.4) is 0 Å². The van der Waals surface area contributed by atoms with E-state index in [9.17, 15) is 4.79 Å². The van der Waals surface area contributed by atoms with E-state index >= 15 is 0 Å². The van der Waals surface area contributed by atoms with Gasteiger partial charge in [0.25, 0.3) is 0 Å². The lowest BCUT2D eigenvalue weighted by atomic mass is 10.2. The minimum absolute atomic E-state index is 0.136. The second-order valence-corrected chi connectivity index (χ2v) is 8.07. The van der Waals surface area contributed by atoms with Crippen LogP contribution in [0.15, 0.2) is 60.0 Å². The maximum absolute atomic E-state index is 11.1. The third-order valence-electron chi connectivity index (χ3n) is 5.20. The van der Waals surface area contributed by atoms with Crippen LogP contribution < -0.4 is 9.64 Å². The molecule has 29 heavy (non-hydrogen) atoms. The summed E-state index contributed by atoms with van der Waals surface area (Å²) in [6.07, 6.45) is 4.77. The first-order chi connectivity index (χ1) is 14.2. The molecule has 0 aliphatic heterocycles. The van der Waals surface area contributed by atoms with Crippen molar-refractivity contribution in [2.75, 3.05) is 11.4 Å². The lowest BCUT2D eigenvalue weighted by molar-refractivity contribution is -0.136. The molecule has 1 fully saturated rings. The average molecular weight is 409 g/mol. The number of rotatable bonds is 8. The molecule has 0 atom stereocenters. The number of ether oxygens (including phenoxy) is 1. The van der Waals surface area contributed by atoms with Crippen LogP contribution in [0.25, 0.3) is 11.3 Å². The van der Waals surface area contributed by atoms with Crippen LogP contribution in [0.5, 0.6) is 11.5 Å². The summed E-state index contributed by atoms with van der Waals surface area (Å²) in [4.78, 5) is 18.1. The number of carboxylic acid groups (broad SMARTS) is 1. The third kappa shape index (κ3) is 4.95. The molecule has 0 amide bonds. The van der Waals surface area contributed by atoms with E-state index in [1.807, 2.05) is 60.0 Å². The van der Waals surface area contributed by atoms with Crippen molar-refractivity contribution in [3.8, 4) is 22.8 Å². The lowest BCUT2D eigenvalue weighted by Gasteiger charge is -2.27. The van der Waals surface area contributed by atoms with Gasteiger partial charge >= 0.3 is 5.97 Å². The van der Waals surface area contributed by atoms with Crippen molar-refractivity contribution in [2.24, 2.45) is 0 Å². The molecule has 1 heterocycles. The Morgan fingerprint density at radius 2 is 1.76 bits per heavy atom. The van der Waals surface area contributed by atoms with Gasteiger partial charge in [-0.05, 0) is 49.2 Å². The van der Waals surface area contributed by atoms with Crippen molar-refractivity contribution in [1.29, 1.82) is 0 Å². The van der Waals surface area contributed by atoms with Gasteiger partial charge in [-0.3, -0.25) is 4.79 Å². The van der Waals surface area contributed by atoms with E-state index in [-0.39, 0.29) is 6.42 Å². The predicted molar refractivity (Wildman–Crippen MR) is 116 cm³/mol. The Labute approximate surface area is 174 Å². The molecular formula is C23H24N2O3S. The Hall–Kier alpha value is -2.86. The van der Waals surface area contributed by atoms with Gasteiger partial charge in [-0.15, -0.1) is 11.3 Å². The number of thiazole rings is 1. The molecule has 1 aliphatic rings. The van der Waals surface area contributed by atoms with Gasteiger partial charge < -0.3 is 14.7 Å². The molecule has 3 aromatic rings. The second kappa shape index (κ2) is 9.09. The number of hydrogen-bond donors (Lipinski definition) is 1. The number of carboxylic acids is 1. The van der Waals surface area contributed by atoms with Crippen molar-refractivity contribution >= 4 is 22.4 Å². The number of carbonyl (C=O) groups is 1. The minimum Gasteiger partial charge on any atom is -0.481 e. The van der Waals surface area contributed by atoms with Gasteiger partial charge in [0.2, 0.25) is 0 Å². The van der Waals surface area contributed by atoms with Crippen LogP contribution in [-0.2, 0) is 4.79 Å². The van der Waals surface area contributed by atoms with Gasteiger partial charge in [0.05, 0.1) is 12.1 Å². The second-order valence-electron chi connectivity index (χ2n) is 7.23. The van der Waals surface area contributed by atoms with Crippen LogP contribution in [0.2, 0.25) is 0 Å². The van der Waals surface area contributed by atoms with E-state index in [1.54, 1.807) is 11.3 Å². The molecule has 6 heteroatoms. The molecule has 1 aliphatic carbocycles. The molecule has 0 bridgehead atoms. The first kappa shape index (κ1) is 19.5. The van der Waals surface area contributed by atoms with Gasteiger partial charge in [0.15, 0.2) is 5.13 Å². The zero-order valence-corrected chi connectivity index (χ0v) is 17.0. The highest BCUT2D eigenvalue weighted by Gasteiger charge is 2.25. The first-order valence-electron chi connectivity index (χ1n) is 9.96. The molecule has 1 saturated carbocycles. The summed E-state index contributed by atoms with van der Waals surface area (Å²) in [5.41, 5.74) is 1.94. The van der Waals surface area contributed by atoms with Gasteiger partial charge in [-0.25, -0.2) is 4.98 Å². The summed E-state index contributed by atoms with van der Waals surface area (Å²) in [6.45, 7) is 0.511. The van der Waals surface area contributed by atoms with Crippen molar-refractivity contribution in [3.63, 3.8) is 0 Å². The quantitative estimate of drug-likeness (QED) is 0.508. The normalized spacial score (nSPS) is 14.1. The van der Waals surface area contributed by atoms with Crippen LogP contribution in [0, 0.1) is 0 Å². The molecule has 2 aromatic carbocycles. The van der Waals surface area contributed by atoms with Crippen LogP contribution >= 0.6 is 11.3 Å². The highest BCUT2D eigenvalue weighted by molar-refractivity contribution is 7.14. The van der Waals surface area contributed by atoms with Gasteiger partial charge in [0.1, 0.15) is 11.5 Å². The Kier molecular flexibility index (Phi) is 6.10. The highest BCUT2D eigenvalue weighted by Crippen LogP contribution is 2.34. The summed E-state index contributed by atoms with van der Waals surface area (Å²) in [7, 11) is 0. The first-order valence-corrected chi connectivity index (χ1v) is 10.8. The van der Waals surface area contributed by atoms with Crippen molar-refractivity contribution in [3.05, 3.63) is 60.0 Å². The largest absolute Gasteiger partial charge is 0.481 e. The van der Waals surface area contributed by atoms with Gasteiger partial charge in [-0.2, -0.15) is 0 Å². The number of aromatic nitrogens is 1. The average Bonchev–Trinajstić information content (AvgIpc) is 3.42. The zero-order chi connectivity index (χ0) is 20.1. The number of anilines is 1. The van der Waals surface area contributed by atoms with E-state index in [1.165, 1.54) is 12.8 Å². The molecule has 0 radical (unpaired) electrons. The van der Waals surface area contributed by atoms with Crippen LogP contribution in [-0.4, -0.2) is 28.6 Å². The highest BCUT2D eigenvalue weighted by atomic mass is 32.1. The number of hydrogen-bond acceptors (Lipinski definition) is 5. The van der Waals surface area contributed by atoms with E-state index in [0.717, 1.165) is 40.7 Å². The number of para-hydroxylation sites is 1. The van der Waals surface area contributed by atoms with Crippen LogP contribution in [0.1, 0.15) is 32.1 Å². The molecule has 0 saturated heterocycles.